The van der Waals surface area contributed by atoms with Crippen molar-refractivity contribution in [2.75, 3.05) is 0 Å². The Morgan fingerprint density at radius 3 is 2.41 bits per heavy atom. The molecule has 0 fully saturated rings. The zero-order chi connectivity index (χ0) is 12.4. The van der Waals surface area contributed by atoms with E-state index < -0.39 is 6.10 Å². The number of carbonyl (C=O) groups excluding carboxylic acids is 1. The average molecular weight is 229 g/mol. The molecule has 1 aliphatic heterocycles. The van der Waals surface area contributed by atoms with Crippen LogP contribution in [-0.2, 0) is 4.79 Å². The lowest BCUT2D eigenvalue weighted by molar-refractivity contribution is -0.126. The van der Waals surface area contributed by atoms with E-state index >= 15 is 0 Å². The van der Waals surface area contributed by atoms with Crippen LogP contribution in [0.4, 0.5) is 0 Å². The van der Waals surface area contributed by atoms with Gasteiger partial charge in [0.15, 0.2) is 0 Å². The molecule has 1 aromatic rings. The fraction of sp³-hybridized carbons (Fsp3) is 0.214. The van der Waals surface area contributed by atoms with E-state index in [-0.39, 0.29) is 11.9 Å². The van der Waals surface area contributed by atoms with E-state index in [1.54, 1.807) is 6.08 Å². The Balaban J connectivity index is 2.18. The van der Waals surface area contributed by atoms with Gasteiger partial charge in [0, 0.05) is 11.8 Å². The topological polar surface area (TPSA) is 40.5 Å². The van der Waals surface area contributed by atoms with Gasteiger partial charge in [0.05, 0.1) is 12.1 Å². The molecule has 2 atom stereocenters. The van der Waals surface area contributed by atoms with Crippen LogP contribution in [0.2, 0.25) is 0 Å². The fourth-order valence-electron chi connectivity index (χ4n) is 2.00. The minimum atomic E-state index is -0.711. The number of hydrogen-bond donors (Lipinski definition) is 1. The van der Waals surface area contributed by atoms with Crippen LogP contribution in [0.5, 0.6) is 0 Å². The highest BCUT2D eigenvalue weighted by atomic mass is 16.3. The SMILES string of the molecule is C=C1C=CC(=O)N1[C@H](C)[C@@H](O)c1ccccc1. The normalized spacial score (nSPS) is 18.6. The Morgan fingerprint density at radius 2 is 1.88 bits per heavy atom. The van der Waals surface area contributed by atoms with Crippen molar-refractivity contribution in [3.8, 4) is 0 Å². The lowest BCUT2D eigenvalue weighted by Crippen LogP contribution is -2.37. The molecule has 17 heavy (non-hydrogen) atoms. The van der Waals surface area contributed by atoms with Gasteiger partial charge >= 0.3 is 0 Å². The smallest absolute Gasteiger partial charge is 0.251 e. The lowest BCUT2D eigenvalue weighted by Gasteiger charge is -2.29. The van der Waals surface area contributed by atoms with Crippen LogP contribution in [0.25, 0.3) is 0 Å². The molecule has 0 spiro atoms. The quantitative estimate of drug-likeness (QED) is 0.861. The van der Waals surface area contributed by atoms with Crippen LogP contribution in [0.1, 0.15) is 18.6 Å². The van der Waals surface area contributed by atoms with Crippen molar-refractivity contribution >= 4 is 5.91 Å². The molecule has 0 bridgehead atoms. The predicted molar refractivity (Wildman–Crippen MR) is 66.0 cm³/mol. The van der Waals surface area contributed by atoms with E-state index in [1.807, 2.05) is 37.3 Å². The number of allylic oxidation sites excluding steroid dienone is 1. The summed E-state index contributed by atoms with van der Waals surface area (Å²) in [6.45, 7) is 5.60. The maximum absolute atomic E-state index is 11.6. The number of carbonyl (C=O) groups is 1. The maximum Gasteiger partial charge on any atom is 0.251 e. The average Bonchev–Trinajstić information content (AvgIpc) is 2.68. The van der Waals surface area contributed by atoms with Crippen LogP contribution in [0.15, 0.2) is 54.8 Å². The molecule has 0 radical (unpaired) electrons. The van der Waals surface area contributed by atoms with E-state index in [1.165, 1.54) is 11.0 Å². The molecule has 1 aromatic carbocycles. The molecule has 1 aliphatic rings. The summed E-state index contributed by atoms with van der Waals surface area (Å²) < 4.78 is 0. The molecule has 0 aromatic heterocycles. The molecular weight excluding hydrogens is 214 g/mol. The van der Waals surface area contributed by atoms with Gasteiger partial charge in [-0.05, 0) is 18.6 Å². The van der Waals surface area contributed by atoms with Gasteiger partial charge < -0.3 is 10.0 Å². The standard InChI is InChI=1S/C14H15NO2/c1-10-8-9-13(16)15(10)11(2)14(17)12-6-4-3-5-7-12/h3-9,11,14,17H,1H2,2H3/t11-,14-/m1/s1. The Bertz CT molecular complexity index is 446. The molecule has 3 heteroatoms. The summed E-state index contributed by atoms with van der Waals surface area (Å²) in [5.41, 5.74) is 1.42. The zero-order valence-electron chi connectivity index (χ0n) is 9.71. The summed E-state index contributed by atoms with van der Waals surface area (Å²) in [5.74, 6) is -0.127. The van der Waals surface area contributed by atoms with Crippen LogP contribution < -0.4 is 0 Å². The van der Waals surface area contributed by atoms with Crippen molar-refractivity contribution in [1.29, 1.82) is 0 Å². The Morgan fingerprint density at radius 1 is 1.24 bits per heavy atom. The molecule has 1 amide bonds. The first-order valence-electron chi connectivity index (χ1n) is 5.54. The van der Waals surface area contributed by atoms with E-state index in [4.69, 9.17) is 0 Å². The van der Waals surface area contributed by atoms with E-state index in [2.05, 4.69) is 6.58 Å². The van der Waals surface area contributed by atoms with Crippen molar-refractivity contribution in [2.24, 2.45) is 0 Å². The Kier molecular flexibility index (Phi) is 3.11. The van der Waals surface area contributed by atoms with Gasteiger partial charge in [-0.15, -0.1) is 0 Å². The Hall–Kier alpha value is -1.87. The second kappa shape index (κ2) is 4.55. The molecule has 3 nitrogen and oxygen atoms in total. The summed E-state index contributed by atoms with van der Waals surface area (Å²) in [5, 5.41) is 10.2. The number of nitrogens with zero attached hydrogens (tertiary/aromatic N) is 1. The molecule has 88 valence electrons. The fourth-order valence-corrected chi connectivity index (χ4v) is 2.00. The van der Waals surface area contributed by atoms with Crippen molar-refractivity contribution in [2.45, 2.75) is 19.1 Å². The van der Waals surface area contributed by atoms with E-state index in [9.17, 15) is 9.90 Å². The van der Waals surface area contributed by atoms with Crippen LogP contribution in [-0.4, -0.2) is 22.0 Å². The van der Waals surface area contributed by atoms with Crippen molar-refractivity contribution < 1.29 is 9.90 Å². The molecule has 0 saturated carbocycles. The molecule has 1 heterocycles. The second-order valence-corrected chi connectivity index (χ2v) is 4.13. The van der Waals surface area contributed by atoms with Gasteiger partial charge in [0.25, 0.3) is 5.91 Å². The molecule has 0 unspecified atom stereocenters. The van der Waals surface area contributed by atoms with Crippen LogP contribution in [0, 0.1) is 0 Å². The third-order valence-electron chi connectivity index (χ3n) is 2.97. The first-order chi connectivity index (χ1) is 8.11. The highest BCUT2D eigenvalue weighted by Crippen LogP contribution is 2.26. The Labute approximate surface area is 101 Å². The minimum absolute atomic E-state index is 0.127. The number of benzene rings is 1. The third-order valence-corrected chi connectivity index (χ3v) is 2.97. The van der Waals surface area contributed by atoms with Gasteiger partial charge in [-0.25, -0.2) is 0 Å². The van der Waals surface area contributed by atoms with Crippen LogP contribution in [0.3, 0.4) is 0 Å². The van der Waals surface area contributed by atoms with Gasteiger partial charge in [-0.2, -0.15) is 0 Å². The summed E-state index contributed by atoms with van der Waals surface area (Å²) in [4.78, 5) is 13.1. The predicted octanol–water partition coefficient (Wildman–Crippen LogP) is 2.02. The molecule has 1 N–H and O–H groups in total. The maximum atomic E-state index is 11.6. The molecule has 0 saturated heterocycles. The first kappa shape index (κ1) is 11.6. The summed E-state index contributed by atoms with van der Waals surface area (Å²) in [6.07, 6.45) is 2.42. The number of amides is 1. The number of aliphatic hydroxyl groups is 1. The van der Waals surface area contributed by atoms with Crippen molar-refractivity contribution in [3.05, 3.63) is 60.3 Å². The van der Waals surface area contributed by atoms with E-state index in [0.717, 1.165) is 5.56 Å². The number of rotatable bonds is 3. The van der Waals surface area contributed by atoms with Crippen molar-refractivity contribution in [3.63, 3.8) is 0 Å². The second-order valence-electron chi connectivity index (χ2n) is 4.13. The largest absolute Gasteiger partial charge is 0.386 e. The monoisotopic (exact) mass is 229 g/mol. The van der Waals surface area contributed by atoms with Crippen molar-refractivity contribution in [1.82, 2.24) is 4.90 Å². The van der Waals surface area contributed by atoms with Gasteiger partial charge in [0.1, 0.15) is 0 Å². The van der Waals surface area contributed by atoms with Gasteiger partial charge in [-0.1, -0.05) is 36.9 Å². The minimum Gasteiger partial charge on any atom is -0.386 e. The van der Waals surface area contributed by atoms with Gasteiger partial charge in [0.2, 0.25) is 0 Å². The lowest BCUT2D eigenvalue weighted by atomic mass is 10.0. The zero-order valence-corrected chi connectivity index (χ0v) is 9.71. The third kappa shape index (κ3) is 2.15. The van der Waals surface area contributed by atoms with Gasteiger partial charge in [-0.3, -0.25) is 4.79 Å². The first-order valence-corrected chi connectivity index (χ1v) is 5.54. The highest BCUT2D eigenvalue weighted by Gasteiger charge is 2.29. The summed E-state index contributed by atoms with van der Waals surface area (Å²) in [6, 6.07) is 8.99. The summed E-state index contributed by atoms with van der Waals surface area (Å²) >= 11 is 0. The molecule has 0 aliphatic carbocycles. The van der Waals surface area contributed by atoms with Crippen LogP contribution >= 0.6 is 0 Å². The summed E-state index contributed by atoms with van der Waals surface area (Å²) in [7, 11) is 0. The highest BCUT2D eigenvalue weighted by molar-refractivity contribution is 5.93. The molecular formula is C14H15NO2. The van der Waals surface area contributed by atoms with E-state index in [0.29, 0.717) is 5.70 Å². The number of hydrogen-bond acceptors (Lipinski definition) is 2. The molecule has 2 rings (SSSR count). The number of aliphatic hydroxyl groups excluding tert-OH is 1.